The molecule has 1 unspecified atom stereocenters. The fourth-order valence-corrected chi connectivity index (χ4v) is 2.71. The summed E-state index contributed by atoms with van der Waals surface area (Å²) in [5.41, 5.74) is 6.24. The van der Waals surface area contributed by atoms with Gasteiger partial charge < -0.3 is 10.7 Å². The molecule has 0 aromatic carbocycles. The van der Waals surface area contributed by atoms with Gasteiger partial charge in [0.15, 0.2) is 5.82 Å². The van der Waals surface area contributed by atoms with Gasteiger partial charge in [0.25, 0.3) is 0 Å². The molecule has 1 aliphatic rings. The monoisotopic (exact) mass is 274 g/mol. The summed E-state index contributed by atoms with van der Waals surface area (Å²) < 4.78 is 0. The number of carbonyl (C=O) groups is 1. The summed E-state index contributed by atoms with van der Waals surface area (Å²) in [6.07, 6.45) is 5.21. The highest BCUT2D eigenvalue weighted by molar-refractivity contribution is 5.86. The molecule has 1 aliphatic heterocycles. The predicted molar refractivity (Wildman–Crippen MR) is 75.8 cm³/mol. The van der Waals surface area contributed by atoms with Gasteiger partial charge in [0.2, 0.25) is 5.91 Å². The quantitative estimate of drug-likeness (QED) is 0.850. The third-order valence-electron chi connectivity index (χ3n) is 3.87. The van der Waals surface area contributed by atoms with Crippen molar-refractivity contribution in [2.75, 3.05) is 25.1 Å². The molecule has 3 heterocycles. The summed E-state index contributed by atoms with van der Waals surface area (Å²) in [6.45, 7) is 1.54. The van der Waals surface area contributed by atoms with E-state index in [0.717, 1.165) is 36.2 Å². The number of hydrazine groups is 1. The maximum absolute atomic E-state index is 11.4. The number of primary amides is 1. The van der Waals surface area contributed by atoms with Gasteiger partial charge in [-0.25, -0.2) is 15.0 Å². The van der Waals surface area contributed by atoms with Crippen molar-refractivity contribution in [2.45, 2.75) is 12.8 Å². The lowest BCUT2D eigenvalue weighted by molar-refractivity contribution is -0.123. The number of nitrogens with one attached hydrogen (secondary N) is 1. The van der Waals surface area contributed by atoms with E-state index in [-0.39, 0.29) is 11.8 Å². The molecule has 1 saturated heterocycles. The van der Waals surface area contributed by atoms with E-state index < -0.39 is 0 Å². The molecule has 20 heavy (non-hydrogen) atoms. The van der Waals surface area contributed by atoms with Gasteiger partial charge in [-0.2, -0.15) is 0 Å². The molecule has 3 rings (SSSR count). The SMILES string of the molecule is CN(c1ncnc2[nH]ccc12)N1CCCC(C(N)=O)C1. The first-order chi connectivity index (χ1) is 9.66. The van der Waals surface area contributed by atoms with E-state index in [9.17, 15) is 4.79 Å². The maximum atomic E-state index is 11.4. The van der Waals surface area contributed by atoms with Crippen LogP contribution in [0, 0.1) is 5.92 Å². The summed E-state index contributed by atoms with van der Waals surface area (Å²) >= 11 is 0. The van der Waals surface area contributed by atoms with Crippen molar-refractivity contribution < 1.29 is 4.79 Å². The Bertz CT molecular complexity index is 624. The first-order valence-corrected chi connectivity index (χ1v) is 6.73. The molecule has 1 amide bonds. The summed E-state index contributed by atoms with van der Waals surface area (Å²) in [7, 11) is 1.96. The van der Waals surface area contributed by atoms with Crippen LogP contribution in [0.4, 0.5) is 5.82 Å². The van der Waals surface area contributed by atoms with Crippen LogP contribution >= 0.6 is 0 Å². The fraction of sp³-hybridized carbons (Fsp3) is 0.462. The topological polar surface area (TPSA) is 91.1 Å². The smallest absolute Gasteiger partial charge is 0.221 e. The zero-order valence-corrected chi connectivity index (χ0v) is 11.4. The van der Waals surface area contributed by atoms with Crippen LogP contribution in [0.5, 0.6) is 0 Å². The first kappa shape index (κ1) is 12.9. The normalized spacial score (nSPS) is 20.1. The van der Waals surface area contributed by atoms with E-state index in [1.165, 1.54) is 0 Å². The average molecular weight is 274 g/mol. The molecule has 7 nitrogen and oxygen atoms in total. The van der Waals surface area contributed by atoms with Crippen molar-refractivity contribution in [3.8, 4) is 0 Å². The molecule has 2 aromatic rings. The summed E-state index contributed by atoms with van der Waals surface area (Å²) in [5, 5.41) is 5.08. The molecule has 7 heteroatoms. The van der Waals surface area contributed by atoms with E-state index in [2.05, 4.69) is 20.0 Å². The molecule has 1 fully saturated rings. The number of nitrogens with two attached hydrogens (primary N) is 1. The minimum Gasteiger partial charge on any atom is -0.369 e. The van der Waals surface area contributed by atoms with Crippen LogP contribution in [0.25, 0.3) is 11.0 Å². The van der Waals surface area contributed by atoms with Crippen LogP contribution in [0.1, 0.15) is 12.8 Å². The van der Waals surface area contributed by atoms with Crippen LogP contribution in [0.2, 0.25) is 0 Å². The zero-order chi connectivity index (χ0) is 14.1. The average Bonchev–Trinajstić information content (AvgIpc) is 2.95. The number of piperidine rings is 1. The number of hydrogen-bond donors (Lipinski definition) is 2. The maximum Gasteiger partial charge on any atom is 0.221 e. The van der Waals surface area contributed by atoms with Crippen LogP contribution in [0.15, 0.2) is 18.6 Å². The second-order valence-corrected chi connectivity index (χ2v) is 5.11. The number of fused-ring (bicyclic) bond motifs is 1. The lowest BCUT2D eigenvalue weighted by Gasteiger charge is -2.38. The highest BCUT2D eigenvalue weighted by Gasteiger charge is 2.27. The van der Waals surface area contributed by atoms with Gasteiger partial charge in [0, 0.05) is 26.3 Å². The van der Waals surface area contributed by atoms with Gasteiger partial charge in [-0.05, 0) is 18.9 Å². The van der Waals surface area contributed by atoms with Crippen molar-refractivity contribution in [1.82, 2.24) is 20.0 Å². The number of anilines is 1. The van der Waals surface area contributed by atoms with E-state index in [1.54, 1.807) is 6.33 Å². The predicted octanol–water partition coefficient (Wildman–Crippen LogP) is 0.506. The Labute approximate surface area is 116 Å². The molecule has 3 N–H and O–H groups in total. The Morgan fingerprint density at radius 1 is 1.55 bits per heavy atom. The van der Waals surface area contributed by atoms with Crippen LogP contribution in [-0.2, 0) is 4.79 Å². The third kappa shape index (κ3) is 2.20. The largest absolute Gasteiger partial charge is 0.369 e. The number of aromatic amines is 1. The van der Waals surface area contributed by atoms with Gasteiger partial charge in [-0.3, -0.25) is 9.80 Å². The van der Waals surface area contributed by atoms with Gasteiger partial charge in [0.05, 0.1) is 11.3 Å². The number of H-pyrrole nitrogens is 1. The Balaban J connectivity index is 1.86. The van der Waals surface area contributed by atoms with E-state index in [1.807, 2.05) is 24.3 Å². The number of carbonyl (C=O) groups excluding carboxylic acids is 1. The van der Waals surface area contributed by atoms with Crippen LogP contribution in [-0.4, -0.2) is 46.0 Å². The van der Waals surface area contributed by atoms with Gasteiger partial charge >= 0.3 is 0 Å². The van der Waals surface area contributed by atoms with Crippen molar-refractivity contribution >= 4 is 22.8 Å². The molecule has 0 saturated carbocycles. The standard InChI is InChI=1S/C13H18N6O/c1-18(19-6-2-3-9(7-19)11(14)20)13-10-4-5-15-12(10)16-8-17-13/h4-5,8-9H,2-3,6-7H2,1H3,(H2,14,20)(H,15,16,17). The lowest BCUT2D eigenvalue weighted by atomic mass is 9.99. The first-order valence-electron chi connectivity index (χ1n) is 6.73. The number of hydrogen-bond acceptors (Lipinski definition) is 5. The van der Waals surface area contributed by atoms with Crippen molar-refractivity contribution in [3.05, 3.63) is 18.6 Å². The summed E-state index contributed by atoms with van der Waals surface area (Å²) in [6, 6.07) is 1.96. The van der Waals surface area contributed by atoms with Crippen LogP contribution in [0.3, 0.4) is 0 Å². The molecular weight excluding hydrogens is 256 g/mol. The number of amides is 1. The third-order valence-corrected chi connectivity index (χ3v) is 3.87. The van der Waals surface area contributed by atoms with Gasteiger partial charge in [0.1, 0.15) is 12.0 Å². The van der Waals surface area contributed by atoms with Crippen molar-refractivity contribution in [3.63, 3.8) is 0 Å². The molecule has 0 radical (unpaired) electrons. The van der Waals surface area contributed by atoms with Gasteiger partial charge in [-0.1, -0.05) is 0 Å². The molecular formula is C13H18N6O. The Morgan fingerprint density at radius 2 is 2.40 bits per heavy atom. The molecule has 106 valence electrons. The Hall–Kier alpha value is -2.15. The number of aromatic nitrogens is 3. The van der Waals surface area contributed by atoms with E-state index in [0.29, 0.717) is 6.54 Å². The van der Waals surface area contributed by atoms with E-state index >= 15 is 0 Å². The molecule has 2 aromatic heterocycles. The zero-order valence-electron chi connectivity index (χ0n) is 11.4. The summed E-state index contributed by atoms with van der Waals surface area (Å²) in [4.78, 5) is 23.0. The minimum absolute atomic E-state index is 0.0882. The Morgan fingerprint density at radius 3 is 3.20 bits per heavy atom. The number of nitrogens with zero attached hydrogens (tertiary/aromatic N) is 4. The second-order valence-electron chi connectivity index (χ2n) is 5.11. The van der Waals surface area contributed by atoms with Crippen molar-refractivity contribution in [1.29, 1.82) is 0 Å². The lowest BCUT2D eigenvalue weighted by Crippen LogP contribution is -2.49. The van der Waals surface area contributed by atoms with Crippen molar-refractivity contribution in [2.24, 2.45) is 11.7 Å². The second kappa shape index (κ2) is 5.09. The van der Waals surface area contributed by atoms with Crippen LogP contribution < -0.4 is 10.7 Å². The molecule has 1 atom stereocenters. The fourth-order valence-electron chi connectivity index (χ4n) is 2.71. The highest BCUT2D eigenvalue weighted by atomic mass is 16.1. The van der Waals surface area contributed by atoms with Gasteiger partial charge in [-0.15, -0.1) is 0 Å². The molecule has 0 aliphatic carbocycles. The Kier molecular flexibility index (Phi) is 3.27. The number of rotatable bonds is 3. The molecule has 0 spiro atoms. The minimum atomic E-state index is -0.224. The van der Waals surface area contributed by atoms with E-state index in [4.69, 9.17) is 5.73 Å². The summed E-state index contributed by atoms with van der Waals surface area (Å²) in [5.74, 6) is 0.522. The molecule has 0 bridgehead atoms. The highest BCUT2D eigenvalue weighted by Crippen LogP contribution is 2.25.